The normalized spacial score (nSPS) is 10.2. The molecule has 1 rings (SSSR count). The quantitative estimate of drug-likeness (QED) is 0.653. The Morgan fingerprint density at radius 1 is 1.38 bits per heavy atom. The van der Waals surface area contributed by atoms with Gasteiger partial charge in [0.1, 0.15) is 0 Å². The van der Waals surface area contributed by atoms with E-state index in [1.165, 1.54) is 7.11 Å². The molecule has 3 nitrogen and oxygen atoms in total. The number of hydrogen-bond acceptors (Lipinski definition) is 3. The monoisotopic (exact) mass is 261 g/mol. The van der Waals surface area contributed by atoms with Gasteiger partial charge in [0.2, 0.25) is 0 Å². The Balaban J connectivity index is 2.32. The number of methoxy groups -OCH3 is 1. The first-order valence-corrected chi connectivity index (χ1v) is 5.60. The van der Waals surface area contributed by atoms with Crippen LogP contribution in [0, 0.1) is 0 Å². The van der Waals surface area contributed by atoms with E-state index in [9.17, 15) is 4.79 Å². The minimum Gasteiger partial charge on any atom is -0.468 e. The van der Waals surface area contributed by atoms with E-state index < -0.39 is 0 Å². The summed E-state index contributed by atoms with van der Waals surface area (Å²) in [5.74, 6) is -0.269. The molecule has 0 bridgehead atoms. The molecule has 0 aliphatic heterocycles. The summed E-state index contributed by atoms with van der Waals surface area (Å²) in [5.41, 5.74) is 1.08. The van der Waals surface area contributed by atoms with E-state index in [-0.39, 0.29) is 12.5 Å². The van der Waals surface area contributed by atoms with Crippen LogP contribution in [-0.2, 0) is 16.0 Å². The molecule has 0 amide bonds. The predicted octanol–water partition coefficient (Wildman–Crippen LogP) is 2.30. The Kier molecular flexibility index (Phi) is 5.60. The van der Waals surface area contributed by atoms with Crippen LogP contribution in [0.2, 0.25) is 10.0 Å². The minimum absolute atomic E-state index is 0.220. The Bertz CT molecular complexity index is 369. The van der Waals surface area contributed by atoms with E-state index in [0.717, 1.165) is 12.0 Å². The summed E-state index contributed by atoms with van der Waals surface area (Å²) in [7, 11) is 1.36. The molecule has 1 aromatic carbocycles. The molecule has 0 unspecified atom stereocenters. The van der Waals surface area contributed by atoms with Crippen LogP contribution < -0.4 is 5.32 Å². The highest BCUT2D eigenvalue weighted by atomic mass is 35.5. The summed E-state index contributed by atoms with van der Waals surface area (Å²) < 4.78 is 4.50. The molecular weight excluding hydrogens is 249 g/mol. The van der Waals surface area contributed by atoms with Gasteiger partial charge in [0.15, 0.2) is 0 Å². The minimum atomic E-state index is -0.269. The molecule has 0 heterocycles. The molecule has 5 heteroatoms. The van der Waals surface area contributed by atoms with E-state index in [4.69, 9.17) is 23.2 Å². The van der Waals surface area contributed by atoms with Gasteiger partial charge < -0.3 is 10.1 Å². The van der Waals surface area contributed by atoms with E-state index in [1.807, 2.05) is 12.1 Å². The van der Waals surface area contributed by atoms with Gasteiger partial charge in [0.25, 0.3) is 0 Å². The van der Waals surface area contributed by atoms with Crippen molar-refractivity contribution in [3.05, 3.63) is 33.8 Å². The van der Waals surface area contributed by atoms with E-state index in [1.54, 1.807) is 6.07 Å². The van der Waals surface area contributed by atoms with Gasteiger partial charge in [-0.05, 0) is 30.7 Å². The molecule has 0 radical (unpaired) electrons. The number of benzene rings is 1. The van der Waals surface area contributed by atoms with Crippen molar-refractivity contribution in [2.24, 2.45) is 0 Å². The Morgan fingerprint density at radius 3 is 2.75 bits per heavy atom. The molecule has 0 aliphatic carbocycles. The van der Waals surface area contributed by atoms with Crippen LogP contribution in [0.25, 0.3) is 0 Å². The number of nitrogens with one attached hydrogen (secondary N) is 1. The fourth-order valence-electron chi connectivity index (χ4n) is 1.19. The maximum absolute atomic E-state index is 10.8. The molecule has 1 aromatic rings. The Hall–Kier alpha value is -0.770. The molecule has 16 heavy (non-hydrogen) atoms. The SMILES string of the molecule is COC(=O)CNCCc1ccc(Cl)c(Cl)c1. The van der Waals surface area contributed by atoms with Crippen molar-refractivity contribution in [2.45, 2.75) is 6.42 Å². The molecular formula is C11H13Cl2NO2. The molecule has 88 valence electrons. The molecule has 0 fully saturated rings. The van der Waals surface area contributed by atoms with Crippen LogP contribution in [0.15, 0.2) is 18.2 Å². The second kappa shape index (κ2) is 6.74. The number of carbonyl (C=O) groups is 1. The maximum atomic E-state index is 10.8. The molecule has 0 saturated heterocycles. The zero-order valence-electron chi connectivity index (χ0n) is 8.93. The zero-order chi connectivity index (χ0) is 12.0. The van der Waals surface area contributed by atoms with E-state index in [0.29, 0.717) is 16.6 Å². The molecule has 0 spiro atoms. The Morgan fingerprint density at radius 2 is 2.12 bits per heavy atom. The van der Waals surface area contributed by atoms with Crippen LogP contribution in [0.5, 0.6) is 0 Å². The number of ether oxygens (including phenoxy) is 1. The molecule has 0 atom stereocenters. The topological polar surface area (TPSA) is 38.3 Å². The fraction of sp³-hybridized carbons (Fsp3) is 0.364. The third-order valence-electron chi connectivity index (χ3n) is 2.07. The lowest BCUT2D eigenvalue weighted by Crippen LogP contribution is -2.25. The zero-order valence-corrected chi connectivity index (χ0v) is 10.4. The van der Waals surface area contributed by atoms with Crippen LogP contribution in [0.3, 0.4) is 0 Å². The average molecular weight is 262 g/mol. The van der Waals surface area contributed by atoms with Gasteiger partial charge in [0.05, 0.1) is 23.7 Å². The van der Waals surface area contributed by atoms with Crippen LogP contribution in [-0.4, -0.2) is 26.2 Å². The smallest absolute Gasteiger partial charge is 0.319 e. The maximum Gasteiger partial charge on any atom is 0.319 e. The number of carbonyl (C=O) groups excluding carboxylic acids is 1. The first-order chi connectivity index (χ1) is 7.63. The van der Waals surface area contributed by atoms with Crippen LogP contribution in [0.4, 0.5) is 0 Å². The summed E-state index contributed by atoms with van der Waals surface area (Å²) in [4.78, 5) is 10.8. The van der Waals surface area contributed by atoms with Gasteiger partial charge >= 0.3 is 5.97 Å². The molecule has 0 aliphatic rings. The van der Waals surface area contributed by atoms with Crippen molar-refractivity contribution in [3.8, 4) is 0 Å². The average Bonchev–Trinajstić information content (AvgIpc) is 2.28. The molecule has 0 saturated carbocycles. The van der Waals surface area contributed by atoms with Crippen LogP contribution >= 0.6 is 23.2 Å². The third kappa shape index (κ3) is 4.39. The lowest BCUT2D eigenvalue weighted by atomic mass is 10.1. The van der Waals surface area contributed by atoms with Gasteiger partial charge in [-0.15, -0.1) is 0 Å². The number of rotatable bonds is 5. The second-order valence-electron chi connectivity index (χ2n) is 3.25. The van der Waals surface area contributed by atoms with Crippen molar-refractivity contribution >= 4 is 29.2 Å². The third-order valence-corrected chi connectivity index (χ3v) is 2.81. The molecule has 0 aromatic heterocycles. The summed E-state index contributed by atoms with van der Waals surface area (Å²) in [6.07, 6.45) is 0.786. The number of hydrogen-bond donors (Lipinski definition) is 1. The van der Waals surface area contributed by atoms with Crippen molar-refractivity contribution in [1.82, 2.24) is 5.32 Å². The summed E-state index contributed by atoms with van der Waals surface area (Å²) >= 11 is 11.7. The van der Waals surface area contributed by atoms with Gasteiger partial charge in [0, 0.05) is 0 Å². The fourth-order valence-corrected chi connectivity index (χ4v) is 1.51. The van der Waals surface area contributed by atoms with E-state index in [2.05, 4.69) is 10.1 Å². The summed E-state index contributed by atoms with van der Waals surface area (Å²) in [6, 6.07) is 5.50. The highest BCUT2D eigenvalue weighted by Crippen LogP contribution is 2.22. The first-order valence-electron chi connectivity index (χ1n) is 4.85. The lowest BCUT2D eigenvalue weighted by molar-refractivity contribution is -0.139. The molecule has 1 N–H and O–H groups in total. The highest BCUT2D eigenvalue weighted by molar-refractivity contribution is 6.42. The van der Waals surface area contributed by atoms with Gasteiger partial charge in [-0.3, -0.25) is 4.79 Å². The van der Waals surface area contributed by atoms with Crippen LogP contribution in [0.1, 0.15) is 5.56 Å². The lowest BCUT2D eigenvalue weighted by Gasteiger charge is -2.04. The van der Waals surface area contributed by atoms with Crippen molar-refractivity contribution < 1.29 is 9.53 Å². The van der Waals surface area contributed by atoms with Crippen molar-refractivity contribution in [3.63, 3.8) is 0 Å². The highest BCUT2D eigenvalue weighted by Gasteiger charge is 2.01. The Labute approximate surface area is 105 Å². The summed E-state index contributed by atoms with van der Waals surface area (Å²) in [6.45, 7) is 0.908. The number of esters is 1. The van der Waals surface area contributed by atoms with Gasteiger partial charge in [-0.1, -0.05) is 29.3 Å². The van der Waals surface area contributed by atoms with Gasteiger partial charge in [-0.25, -0.2) is 0 Å². The largest absolute Gasteiger partial charge is 0.468 e. The van der Waals surface area contributed by atoms with Crippen molar-refractivity contribution in [2.75, 3.05) is 20.2 Å². The van der Waals surface area contributed by atoms with Gasteiger partial charge in [-0.2, -0.15) is 0 Å². The predicted molar refractivity (Wildman–Crippen MR) is 65.1 cm³/mol. The van der Waals surface area contributed by atoms with Crippen molar-refractivity contribution in [1.29, 1.82) is 0 Å². The first kappa shape index (κ1) is 13.3. The van der Waals surface area contributed by atoms with E-state index >= 15 is 0 Å². The number of halogens is 2. The standard InChI is InChI=1S/C11H13Cl2NO2/c1-16-11(15)7-14-5-4-8-2-3-9(12)10(13)6-8/h2-3,6,14H,4-5,7H2,1H3. The summed E-state index contributed by atoms with van der Waals surface area (Å²) in [5, 5.41) is 4.07. The second-order valence-corrected chi connectivity index (χ2v) is 4.07.